The summed E-state index contributed by atoms with van der Waals surface area (Å²) >= 11 is 0. The second kappa shape index (κ2) is 5.34. The van der Waals surface area contributed by atoms with Crippen LogP contribution in [0.4, 0.5) is 8.78 Å². The van der Waals surface area contributed by atoms with Crippen molar-refractivity contribution in [1.82, 2.24) is 0 Å². The maximum atomic E-state index is 12.1. The monoisotopic (exact) mass is 270 g/mol. The highest BCUT2D eigenvalue weighted by molar-refractivity contribution is 6.01. The number of rotatable bonds is 3. The van der Waals surface area contributed by atoms with Gasteiger partial charge in [0.1, 0.15) is 5.75 Å². The largest absolute Gasteiger partial charge is 0.469 e. The summed E-state index contributed by atoms with van der Waals surface area (Å²) in [5.41, 5.74) is 0.978. The molecule has 0 heterocycles. The maximum absolute atomic E-state index is 12.1. The van der Waals surface area contributed by atoms with Crippen molar-refractivity contribution in [2.45, 2.75) is 19.5 Å². The summed E-state index contributed by atoms with van der Waals surface area (Å²) in [6, 6.07) is 4.14. The zero-order chi connectivity index (χ0) is 14.0. The highest BCUT2D eigenvalue weighted by Gasteiger charge is 2.30. The number of esters is 1. The third-order valence-corrected chi connectivity index (χ3v) is 3.03. The number of hydrogen-bond donors (Lipinski definition) is 0. The minimum atomic E-state index is -2.92. The second-order valence-electron chi connectivity index (χ2n) is 4.25. The van der Waals surface area contributed by atoms with Gasteiger partial charge in [-0.15, -0.1) is 0 Å². The first-order valence-electron chi connectivity index (χ1n) is 5.70. The summed E-state index contributed by atoms with van der Waals surface area (Å²) in [5.74, 6) is -1.25. The van der Waals surface area contributed by atoms with E-state index in [9.17, 15) is 18.4 Å². The number of methoxy groups -OCH3 is 1. The van der Waals surface area contributed by atoms with Crippen LogP contribution < -0.4 is 4.74 Å². The summed E-state index contributed by atoms with van der Waals surface area (Å²) in [5, 5.41) is 0. The predicted molar refractivity (Wildman–Crippen MR) is 61.2 cm³/mol. The molecule has 102 valence electrons. The molecule has 0 N–H and O–H groups in total. The fourth-order valence-corrected chi connectivity index (χ4v) is 2.19. The lowest BCUT2D eigenvalue weighted by molar-refractivity contribution is -0.145. The van der Waals surface area contributed by atoms with Crippen molar-refractivity contribution < 1.29 is 27.8 Å². The molecule has 19 heavy (non-hydrogen) atoms. The number of benzene rings is 1. The number of carbonyl (C=O) groups is 2. The molecule has 0 fully saturated rings. The molecule has 0 spiro atoms. The molecule has 1 aromatic rings. The molecule has 0 amide bonds. The molecule has 2 rings (SSSR count). The third kappa shape index (κ3) is 2.89. The van der Waals surface area contributed by atoms with E-state index < -0.39 is 18.5 Å². The van der Waals surface area contributed by atoms with Crippen LogP contribution >= 0.6 is 0 Å². The van der Waals surface area contributed by atoms with Crippen LogP contribution in [0.3, 0.4) is 0 Å². The molecule has 0 saturated heterocycles. The van der Waals surface area contributed by atoms with Gasteiger partial charge in [0, 0.05) is 12.0 Å². The van der Waals surface area contributed by atoms with Crippen molar-refractivity contribution in [2.75, 3.05) is 7.11 Å². The Morgan fingerprint density at radius 3 is 2.74 bits per heavy atom. The van der Waals surface area contributed by atoms with Gasteiger partial charge in [0.05, 0.1) is 13.0 Å². The highest BCUT2D eigenvalue weighted by Crippen LogP contribution is 2.29. The van der Waals surface area contributed by atoms with E-state index in [1.165, 1.54) is 25.3 Å². The number of halogens is 2. The molecule has 4 nitrogen and oxygen atoms in total. The van der Waals surface area contributed by atoms with E-state index in [1.54, 1.807) is 0 Å². The number of Topliss-reactive ketones (excluding diaryl/α,β-unsaturated/α-hetero) is 1. The molecule has 1 aliphatic carbocycles. The zero-order valence-corrected chi connectivity index (χ0v) is 10.2. The van der Waals surface area contributed by atoms with E-state index in [1.807, 2.05) is 0 Å². The maximum Gasteiger partial charge on any atom is 0.387 e. The van der Waals surface area contributed by atoms with Gasteiger partial charge >= 0.3 is 12.6 Å². The fourth-order valence-electron chi connectivity index (χ4n) is 2.19. The first-order valence-corrected chi connectivity index (χ1v) is 5.70. The zero-order valence-electron chi connectivity index (χ0n) is 10.2. The van der Waals surface area contributed by atoms with Gasteiger partial charge in [0.25, 0.3) is 0 Å². The van der Waals surface area contributed by atoms with E-state index in [0.717, 1.165) is 0 Å². The molecule has 1 atom stereocenters. The molecule has 0 saturated carbocycles. The van der Waals surface area contributed by atoms with Crippen molar-refractivity contribution in [2.24, 2.45) is 5.92 Å². The predicted octanol–water partition coefficient (Wildman–Crippen LogP) is 2.21. The number of hydrogen-bond acceptors (Lipinski definition) is 4. The lowest BCUT2D eigenvalue weighted by atomic mass is 9.83. The van der Waals surface area contributed by atoms with Gasteiger partial charge in [-0.3, -0.25) is 9.59 Å². The van der Waals surface area contributed by atoms with Crippen molar-refractivity contribution in [3.05, 3.63) is 29.3 Å². The standard InChI is InChI=1S/C13H12F2O4/c1-18-12(17)8-4-7-5-9(19-13(14)15)2-3-10(7)11(16)6-8/h2-3,5,8,13H,4,6H2,1H3. The van der Waals surface area contributed by atoms with E-state index in [2.05, 4.69) is 9.47 Å². The molecule has 0 radical (unpaired) electrons. The minimum Gasteiger partial charge on any atom is -0.469 e. The topological polar surface area (TPSA) is 52.6 Å². The van der Waals surface area contributed by atoms with Crippen molar-refractivity contribution in [1.29, 1.82) is 0 Å². The SMILES string of the molecule is COC(=O)C1CC(=O)c2ccc(OC(F)F)cc2C1. The number of alkyl halides is 2. The lowest BCUT2D eigenvalue weighted by Crippen LogP contribution is -2.27. The van der Waals surface area contributed by atoms with Gasteiger partial charge in [0.15, 0.2) is 5.78 Å². The average molecular weight is 270 g/mol. The third-order valence-electron chi connectivity index (χ3n) is 3.03. The van der Waals surface area contributed by atoms with Gasteiger partial charge in [0.2, 0.25) is 0 Å². The molecule has 0 aromatic heterocycles. The van der Waals surface area contributed by atoms with Crippen LogP contribution in [0.2, 0.25) is 0 Å². The van der Waals surface area contributed by atoms with Crippen LogP contribution in [0, 0.1) is 5.92 Å². The average Bonchev–Trinajstić information content (AvgIpc) is 2.36. The van der Waals surface area contributed by atoms with Crippen LogP contribution in [-0.4, -0.2) is 25.5 Å². The molecular weight excluding hydrogens is 258 g/mol. The Balaban J connectivity index is 2.27. The van der Waals surface area contributed by atoms with E-state index in [-0.39, 0.29) is 24.4 Å². The summed E-state index contributed by atoms with van der Waals surface area (Å²) in [6.07, 6.45) is 0.364. The first kappa shape index (κ1) is 13.5. The first-order chi connectivity index (χ1) is 9.01. The molecule has 1 aromatic carbocycles. The Hall–Kier alpha value is -1.98. The van der Waals surface area contributed by atoms with Gasteiger partial charge in [-0.2, -0.15) is 8.78 Å². The van der Waals surface area contributed by atoms with Crippen LogP contribution in [-0.2, 0) is 16.0 Å². The normalized spacial score (nSPS) is 18.1. The van der Waals surface area contributed by atoms with Crippen LogP contribution in [0.15, 0.2) is 18.2 Å². The second-order valence-corrected chi connectivity index (χ2v) is 4.25. The molecular formula is C13H12F2O4. The Kier molecular flexibility index (Phi) is 3.78. The van der Waals surface area contributed by atoms with Gasteiger partial charge in [-0.1, -0.05) is 0 Å². The summed E-state index contributed by atoms with van der Waals surface area (Å²) < 4.78 is 33.1. The summed E-state index contributed by atoms with van der Waals surface area (Å²) in [6.45, 7) is -2.92. The Morgan fingerprint density at radius 1 is 1.37 bits per heavy atom. The molecule has 0 aliphatic heterocycles. The van der Waals surface area contributed by atoms with Gasteiger partial charge in [-0.05, 0) is 30.2 Å². The van der Waals surface area contributed by atoms with Crippen LogP contribution in [0.1, 0.15) is 22.3 Å². The van der Waals surface area contributed by atoms with Crippen molar-refractivity contribution in [3.8, 4) is 5.75 Å². The van der Waals surface area contributed by atoms with Crippen LogP contribution in [0.25, 0.3) is 0 Å². The minimum absolute atomic E-state index is 0.0212. The molecule has 1 aliphatic rings. The Morgan fingerprint density at radius 2 is 2.11 bits per heavy atom. The van der Waals surface area contributed by atoms with Crippen LogP contribution in [0.5, 0.6) is 5.75 Å². The number of ketones is 1. The van der Waals surface area contributed by atoms with Gasteiger partial charge in [-0.25, -0.2) is 0 Å². The van der Waals surface area contributed by atoms with Crippen molar-refractivity contribution >= 4 is 11.8 Å². The number of carbonyl (C=O) groups excluding carboxylic acids is 2. The molecule has 1 unspecified atom stereocenters. The summed E-state index contributed by atoms with van der Waals surface area (Å²) in [7, 11) is 1.25. The number of fused-ring (bicyclic) bond motifs is 1. The van der Waals surface area contributed by atoms with Gasteiger partial charge < -0.3 is 9.47 Å². The molecule has 0 bridgehead atoms. The lowest BCUT2D eigenvalue weighted by Gasteiger charge is -2.22. The Labute approximate surface area is 108 Å². The van der Waals surface area contributed by atoms with Crippen molar-refractivity contribution in [3.63, 3.8) is 0 Å². The smallest absolute Gasteiger partial charge is 0.387 e. The fraction of sp³-hybridized carbons (Fsp3) is 0.385. The highest BCUT2D eigenvalue weighted by atomic mass is 19.3. The van der Waals surface area contributed by atoms with E-state index in [0.29, 0.717) is 11.1 Å². The quantitative estimate of drug-likeness (QED) is 0.790. The Bertz CT molecular complexity index is 513. The number of ether oxygens (including phenoxy) is 2. The molecule has 6 heteroatoms. The summed E-state index contributed by atoms with van der Waals surface area (Å²) in [4.78, 5) is 23.3. The van der Waals surface area contributed by atoms with E-state index >= 15 is 0 Å². The van der Waals surface area contributed by atoms with E-state index in [4.69, 9.17) is 0 Å².